The van der Waals surface area contributed by atoms with Crippen molar-refractivity contribution < 1.29 is 14.3 Å². The molecule has 0 radical (unpaired) electrons. The van der Waals surface area contributed by atoms with E-state index in [2.05, 4.69) is 14.7 Å². The van der Waals surface area contributed by atoms with Gasteiger partial charge >= 0.3 is 5.97 Å². The Morgan fingerprint density at radius 3 is 3.00 bits per heavy atom. The number of nitrogens with two attached hydrogens (primary N) is 1. The van der Waals surface area contributed by atoms with Crippen molar-refractivity contribution in [1.82, 2.24) is 9.97 Å². The maximum Gasteiger partial charge on any atom is 0.343 e. The van der Waals surface area contributed by atoms with Gasteiger partial charge in [-0.25, -0.2) is 14.8 Å². The maximum atomic E-state index is 11.5. The molecule has 0 fully saturated rings. The van der Waals surface area contributed by atoms with Crippen LogP contribution >= 0.6 is 0 Å². The number of nitrogens with zero attached hydrogens (tertiary/aromatic N) is 2. The minimum absolute atomic E-state index is 0.0221. The van der Waals surface area contributed by atoms with Gasteiger partial charge in [-0.05, 0) is 18.1 Å². The number of ether oxygens (including phenoxy) is 2. The molecule has 0 bridgehead atoms. The molecular weight excluding hydrogens is 270 g/mol. The lowest BCUT2D eigenvalue weighted by atomic mass is 9.96. The van der Waals surface area contributed by atoms with Crippen LogP contribution in [0.3, 0.4) is 0 Å². The minimum atomic E-state index is -0.538. The third kappa shape index (κ3) is 2.52. The predicted molar refractivity (Wildman–Crippen MR) is 76.2 cm³/mol. The van der Waals surface area contributed by atoms with Gasteiger partial charge in [0.15, 0.2) is 0 Å². The summed E-state index contributed by atoms with van der Waals surface area (Å²) in [6.45, 7) is 0.494. The van der Waals surface area contributed by atoms with Crippen molar-refractivity contribution in [3.8, 4) is 5.75 Å². The summed E-state index contributed by atoms with van der Waals surface area (Å²) in [7, 11) is 1.29. The minimum Gasteiger partial charge on any atom is -0.493 e. The van der Waals surface area contributed by atoms with Gasteiger partial charge in [0.2, 0.25) is 0 Å². The first-order valence-corrected chi connectivity index (χ1v) is 6.60. The molecule has 1 atom stereocenters. The van der Waals surface area contributed by atoms with Crippen LogP contribution in [0.15, 0.2) is 30.5 Å². The van der Waals surface area contributed by atoms with Gasteiger partial charge in [-0.2, -0.15) is 0 Å². The first-order chi connectivity index (χ1) is 10.2. The standard InChI is InChI=1S/C15H15N3O3/c1-20-15(19)11-7-17-14(18-13(11)16)10-6-9-4-2-3-5-12(9)21-8-10/h2-5,7,10H,6,8H2,1H3,(H2,16,17,18). The van der Waals surface area contributed by atoms with E-state index in [0.717, 1.165) is 17.7 Å². The van der Waals surface area contributed by atoms with Gasteiger partial charge in [-0.15, -0.1) is 0 Å². The second kappa shape index (κ2) is 5.40. The van der Waals surface area contributed by atoms with E-state index in [1.54, 1.807) is 0 Å². The van der Waals surface area contributed by atoms with Gasteiger partial charge in [-0.1, -0.05) is 18.2 Å². The maximum absolute atomic E-state index is 11.5. The molecule has 6 heteroatoms. The second-order valence-electron chi connectivity index (χ2n) is 4.84. The van der Waals surface area contributed by atoms with Gasteiger partial charge in [0.1, 0.15) is 23.0 Å². The van der Waals surface area contributed by atoms with E-state index in [9.17, 15) is 4.79 Å². The third-order valence-electron chi connectivity index (χ3n) is 3.49. The van der Waals surface area contributed by atoms with Crippen molar-refractivity contribution in [3.63, 3.8) is 0 Å². The van der Waals surface area contributed by atoms with Gasteiger partial charge in [0, 0.05) is 6.20 Å². The Hall–Kier alpha value is -2.63. The number of methoxy groups -OCH3 is 1. The van der Waals surface area contributed by atoms with Gasteiger partial charge < -0.3 is 15.2 Å². The summed E-state index contributed by atoms with van der Waals surface area (Å²) in [6.07, 6.45) is 2.19. The van der Waals surface area contributed by atoms with Crippen molar-refractivity contribution in [2.45, 2.75) is 12.3 Å². The number of hydrogen-bond donors (Lipinski definition) is 1. The smallest absolute Gasteiger partial charge is 0.343 e. The number of rotatable bonds is 2. The largest absolute Gasteiger partial charge is 0.493 e. The average molecular weight is 285 g/mol. The zero-order valence-corrected chi connectivity index (χ0v) is 11.6. The van der Waals surface area contributed by atoms with Crippen LogP contribution in [0.2, 0.25) is 0 Å². The van der Waals surface area contributed by atoms with E-state index < -0.39 is 5.97 Å². The first-order valence-electron chi connectivity index (χ1n) is 6.60. The summed E-state index contributed by atoms with van der Waals surface area (Å²) in [5, 5.41) is 0. The molecule has 21 heavy (non-hydrogen) atoms. The number of fused-ring (bicyclic) bond motifs is 1. The Bertz CT molecular complexity index is 688. The van der Waals surface area contributed by atoms with E-state index in [4.69, 9.17) is 10.5 Å². The summed E-state index contributed by atoms with van der Waals surface area (Å²) in [6, 6.07) is 7.88. The molecule has 0 spiro atoms. The van der Waals surface area contributed by atoms with Crippen LogP contribution in [-0.4, -0.2) is 29.7 Å². The highest BCUT2D eigenvalue weighted by Crippen LogP contribution is 2.31. The van der Waals surface area contributed by atoms with Crippen molar-refractivity contribution in [3.05, 3.63) is 47.4 Å². The molecule has 0 saturated carbocycles. The number of carbonyl (C=O) groups is 1. The molecule has 3 rings (SSSR count). The Labute approximate surface area is 121 Å². The van der Waals surface area contributed by atoms with Gasteiger partial charge in [-0.3, -0.25) is 0 Å². The van der Waals surface area contributed by atoms with Crippen molar-refractivity contribution in [1.29, 1.82) is 0 Å². The van der Waals surface area contributed by atoms with Crippen molar-refractivity contribution >= 4 is 11.8 Å². The number of anilines is 1. The average Bonchev–Trinajstić information content (AvgIpc) is 2.53. The molecule has 6 nitrogen and oxygen atoms in total. The number of para-hydroxylation sites is 1. The molecule has 108 valence electrons. The molecule has 0 amide bonds. The first kappa shape index (κ1) is 13.4. The third-order valence-corrected chi connectivity index (χ3v) is 3.49. The fourth-order valence-electron chi connectivity index (χ4n) is 2.37. The predicted octanol–water partition coefficient (Wildman–Crippen LogP) is 1.56. The highest BCUT2D eigenvalue weighted by Gasteiger charge is 2.24. The molecule has 1 aliphatic rings. The monoisotopic (exact) mass is 285 g/mol. The molecule has 1 aliphatic heterocycles. The fourth-order valence-corrected chi connectivity index (χ4v) is 2.37. The lowest BCUT2D eigenvalue weighted by Gasteiger charge is -2.24. The van der Waals surface area contributed by atoms with Gasteiger partial charge in [0.25, 0.3) is 0 Å². The van der Waals surface area contributed by atoms with Crippen LogP contribution in [0.25, 0.3) is 0 Å². The summed E-state index contributed by atoms with van der Waals surface area (Å²) in [5.41, 5.74) is 7.10. The summed E-state index contributed by atoms with van der Waals surface area (Å²) in [5.74, 6) is 1.09. The number of esters is 1. The normalized spacial score (nSPS) is 16.7. The molecule has 0 aliphatic carbocycles. The SMILES string of the molecule is COC(=O)c1cnc(C2COc3ccccc3C2)nc1N. The topological polar surface area (TPSA) is 87.3 Å². The molecular formula is C15H15N3O3. The summed E-state index contributed by atoms with van der Waals surface area (Å²) < 4.78 is 10.3. The van der Waals surface area contributed by atoms with E-state index in [0.29, 0.717) is 12.4 Å². The summed E-state index contributed by atoms with van der Waals surface area (Å²) >= 11 is 0. The van der Waals surface area contributed by atoms with Crippen LogP contribution < -0.4 is 10.5 Å². The second-order valence-corrected chi connectivity index (χ2v) is 4.84. The van der Waals surface area contributed by atoms with Crippen molar-refractivity contribution in [2.75, 3.05) is 19.5 Å². The number of aromatic nitrogens is 2. The molecule has 1 aromatic heterocycles. The Morgan fingerprint density at radius 2 is 2.24 bits per heavy atom. The van der Waals surface area contributed by atoms with Gasteiger partial charge in [0.05, 0.1) is 19.6 Å². The molecule has 1 aromatic carbocycles. The molecule has 1 unspecified atom stereocenters. The number of carbonyl (C=O) groups excluding carboxylic acids is 1. The van der Waals surface area contributed by atoms with Crippen LogP contribution in [0.1, 0.15) is 27.7 Å². The number of benzene rings is 1. The zero-order chi connectivity index (χ0) is 14.8. The highest BCUT2D eigenvalue weighted by atomic mass is 16.5. The van der Waals surface area contributed by atoms with E-state index >= 15 is 0 Å². The van der Waals surface area contributed by atoms with E-state index in [-0.39, 0.29) is 17.3 Å². The quantitative estimate of drug-likeness (QED) is 0.843. The Balaban J connectivity index is 1.86. The molecule has 2 N–H and O–H groups in total. The van der Waals surface area contributed by atoms with Crippen LogP contribution in [0.4, 0.5) is 5.82 Å². The Kier molecular flexibility index (Phi) is 3.43. The summed E-state index contributed by atoms with van der Waals surface area (Å²) in [4.78, 5) is 19.9. The fraction of sp³-hybridized carbons (Fsp3) is 0.267. The molecule has 0 saturated heterocycles. The number of hydrogen-bond acceptors (Lipinski definition) is 6. The van der Waals surface area contributed by atoms with Crippen LogP contribution in [0, 0.1) is 0 Å². The number of nitrogen functional groups attached to an aromatic ring is 1. The van der Waals surface area contributed by atoms with E-state index in [1.165, 1.54) is 13.3 Å². The highest BCUT2D eigenvalue weighted by molar-refractivity contribution is 5.93. The molecule has 2 heterocycles. The lowest BCUT2D eigenvalue weighted by Crippen LogP contribution is -2.22. The zero-order valence-electron chi connectivity index (χ0n) is 11.6. The van der Waals surface area contributed by atoms with Crippen LogP contribution in [-0.2, 0) is 11.2 Å². The van der Waals surface area contributed by atoms with Crippen LogP contribution in [0.5, 0.6) is 5.75 Å². The Morgan fingerprint density at radius 1 is 1.43 bits per heavy atom. The van der Waals surface area contributed by atoms with E-state index in [1.807, 2.05) is 24.3 Å². The lowest BCUT2D eigenvalue weighted by molar-refractivity contribution is 0.0601. The van der Waals surface area contributed by atoms with Crippen molar-refractivity contribution in [2.24, 2.45) is 0 Å². The molecule has 2 aromatic rings.